The number of carbonyl (C=O) groups is 1. The van der Waals surface area contributed by atoms with Crippen molar-refractivity contribution in [3.63, 3.8) is 0 Å². The number of benzene rings is 2. The molecule has 3 aromatic rings. The molecule has 0 N–H and O–H groups in total. The summed E-state index contributed by atoms with van der Waals surface area (Å²) in [5.41, 5.74) is -1.73. The molecular formula is C23H18F6N2O2. The predicted molar refractivity (Wildman–Crippen MR) is 110 cm³/mol. The van der Waals surface area contributed by atoms with Crippen LogP contribution in [0.2, 0.25) is 0 Å². The van der Waals surface area contributed by atoms with E-state index in [1.165, 1.54) is 26.4 Å². The Morgan fingerprint density at radius 2 is 1.48 bits per heavy atom. The molecule has 0 atom stereocenters. The molecule has 0 aliphatic rings. The number of nitrogens with zero attached hydrogens (tertiary/aromatic N) is 2. The van der Waals surface area contributed by atoms with Gasteiger partial charge >= 0.3 is 12.4 Å². The standard InChI is InChI=1S/C23H18F6N2O2/c1-13-6-4-5-7-17(13)18-11-20(33-3)30-12-19(18)31(2)21(32)14-8-15(22(24,25)26)10-16(9-14)23(27,28)29/h4-12H,1-3H3. The number of halogens is 6. The molecular weight excluding hydrogens is 450 g/mol. The van der Waals surface area contributed by atoms with Crippen molar-refractivity contribution in [2.45, 2.75) is 19.3 Å². The number of carbonyl (C=O) groups excluding carboxylic acids is 1. The average Bonchev–Trinajstić information content (AvgIpc) is 2.76. The summed E-state index contributed by atoms with van der Waals surface area (Å²) in [4.78, 5) is 18.1. The van der Waals surface area contributed by atoms with Crippen molar-refractivity contribution in [1.29, 1.82) is 0 Å². The first-order valence-electron chi connectivity index (χ1n) is 9.50. The van der Waals surface area contributed by atoms with E-state index in [1.54, 1.807) is 18.2 Å². The molecule has 0 saturated heterocycles. The Kier molecular flexibility index (Phi) is 6.40. The van der Waals surface area contributed by atoms with Crippen LogP contribution in [-0.4, -0.2) is 25.0 Å². The highest BCUT2D eigenvalue weighted by molar-refractivity contribution is 6.08. The second-order valence-corrected chi connectivity index (χ2v) is 7.22. The van der Waals surface area contributed by atoms with Crippen molar-refractivity contribution in [3.8, 4) is 17.0 Å². The summed E-state index contributed by atoms with van der Waals surface area (Å²) in [7, 11) is 2.64. The maximum Gasteiger partial charge on any atom is 0.416 e. The van der Waals surface area contributed by atoms with E-state index in [1.807, 2.05) is 13.0 Å². The van der Waals surface area contributed by atoms with Crippen molar-refractivity contribution < 1.29 is 35.9 Å². The normalized spacial score (nSPS) is 11.9. The van der Waals surface area contributed by atoms with Gasteiger partial charge in [0.25, 0.3) is 5.91 Å². The molecule has 1 heterocycles. The Bertz CT molecular complexity index is 1160. The number of hydrogen-bond acceptors (Lipinski definition) is 3. The van der Waals surface area contributed by atoms with E-state index in [-0.39, 0.29) is 17.6 Å². The van der Waals surface area contributed by atoms with Crippen LogP contribution in [0, 0.1) is 6.92 Å². The molecule has 1 amide bonds. The van der Waals surface area contributed by atoms with Crippen LogP contribution in [0.15, 0.2) is 54.7 Å². The number of aryl methyl sites for hydroxylation is 1. The van der Waals surface area contributed by atoms with E-state index < -0.39 is 35.0 Å². The van der Waals surface area contributed by atoms with Crippen molar-refractivity contribution in [1.82, 2.24) is 4.98 Å². The number of anilines is 1. The average molecular weight is 468 g/mol. The SMILES string of the molecule is COc1cc(-c2ccccc2C)c(N(C)C(=O)c2cc(C(F)(F)F)cc(C(F)(F)F)c2)cn1. The molecule has 0 aliphatic heterocycles. The van der Waals surface area contributed by atoms with Crippen LogP contribution in [-0.2, 0) is 12.4 Å². The Labute approximate surface area is 185 Å². The van der Waals surface area contributed by atoms with Gasteiger partial charge in [-0.15, -0.1) is 0 Å². The van der Waals surface area contributed by atoms with Crippen LogP contribution in [0.5, 0.6) is 5.88 Å². The fourth-order valence-corrected chi connectivity index (χ4v) is 3.28. The highest BCUT2D eigenvalue weighted by Crippen LogP contribution is 2.38. The summed E-state index contributed by atoms with van der Waals surface area (Å²) in [5, 5.41) is 0. The summed E-state index contributed by atoms with van der Waals surface area (Å²) < 4.78 is 84.5. The number of amides is 1. The van der Waals surface area contributed by atoms with E-state index in [4.69, 9.17) is 4.74 Å². The third-order valence-corrected chi connectivity index (χ3v) is 5.00. The number of pyridine rings is 1. The molecule has 33 heavy (non-hydrogen) atoms. The van der Waals surface area contributed by atoms with Gasteiger partial charge in [-0.3, -0.25) is 4.79 Å². The largest absolute Gasteiger partial charge is 0.481 e. The quantitative estimate of drug-likeness (QED) is 0.418. The van der Waals surface area contributed by atoms with E-state index in [0.29, 0.717) is 23.3 Å². The summed E-state index contributed by atoms with van der Waals surface area (Å²) in [6.07, 6.45) is -8.86. The first kappa shape index (κ1) is 24.1. The molecule has 0 unspecified atom stereocenters. The van der Waals surface area contributed by atoms with Gasteiger partial charge in [-0.2, -0.15) is 26.3 Å². The van der Waals surface area contributed by atoms with Gasteiger partial charge in [0.2, 0.25) is 5.88 Å². The molecule has 0 saturated carbocycles. The number of alkyl halides is 6. The van der Waals surface area contributed by atoms with Crippen LogP contribution in [0.4, 0.5) is 32.0 Å². The van der Waals surface area contributed by atoms with E-state index in [0.717, 1.165) is 10.5 Å². The van der Waals surface area contributed by atoms with Gasteiger partial charge in [0.1, 0.15) is 0 Å². The number of methoxy groups -OCH3 is 1. The van der Waals surface area contributed by atoms with Crippen molar-refractivity contribution in [2.24, 2.45) is 0 Å². The number of hydrogen-bond donors (Lipinski definition) is 0. The Hall–Kier alpha value is -3.56. The van der Waals surface area contributed by atoms with Crippen LogP contribution in [0.3, 0.4) is 0 Å². The second kappa shape index (κ2) is 8.76. The summed E-state index contributed by atoms with van der Waals surface area (Å²) in [5.74, 6) is -0.843. The van der Waals surface area contributed by atoms with Crippen LogP contribution >= 0.6 is 0 Å². The van der Waals surface area contributed by atoms with Gasteiger partial charge in [-0.05, 0) is 36.2 Å². The van der Waals surface area contributed by atoms with Crippen LogP contribution < -0.4 is 9.64 Å². The minimum atomic E-state index is -5.07. The van der Waals surface area contributed by atoms with E-state index in [2.05, 4.69) is 4.98 Å². The zero-order valence-electron chi connectivity index (χ0n) is 17.7. The Balaban J connectivity index is 2.15. The third-order valence-electron chi connectivity index (χ3n) is 5.00. The van der Waals surface area contributed by atoms with Gasteiger partial charge in [0.15, 0.2) is 0 Å². The minimum absolute atomic E-state index is 0.0233. The Morgan fingerprint density at radius 3 is 2.00 bits per heavy atom. The highest BCUT2D eigenvalue weighted by atomic mass is 19.4. The molecule has 0 radical (unpaired) electrons. The van der Waals surface area contributed by atoms with Gasteiger partial charge in [-0.1, -0.05) is 24.3 Å². The monoisotopic (exact) mass is 468 g/mol. The molecule has 0 spiro atoms. The van der Waals surface area contributed by atoms with Crippen molar-refractivity contribution in [2.75, 3.05) is 19.1 Å². The van der Waals surface area contributed by atoms with Gasteiger partial charge in [-0.25, -0.2) is 4.98 Å². The smallest absolute Gasteiger partial charge is 0.416 e. The van der Waals surface area contributed by atoms with E-state index >= 15 is 0 Å². The number of ether oxygens (including phenoxy) is 1. The first-order valence-corrected chi connectivity index (χ1v) is 9.50. The van der Waals surface area contributed by atoms with Gasteiger partial charge in [0.05, 0.1) is 30.1 Å². The maximum atomic E-state index is 13.2. The first-order chi connectivity index (χ1) is 15.3. The topological polar surface area (TPSA) is 42.4 Å². The predicted octanol–water partition coefficient (Wildman–Crippen LogP) is 6.38. The van der Waals surface area contributed by atoms with Crippen molar-refractivity contribution >= 4 is 11.6 Å². The lowest BCUT2D eigenvalue weighted by molar-refractivity contribution is -0.143. The Morgan fingerprint density at radius 1 is 0.909 bits per heavy atom. The molecule has 4 nitrogen and oxygen atoms in total. The lowest BCUT2D eigenvalue weighted by Gasteiger charge is -2.23. The minimum Gasteiger partial charge on any atom is -0.481 e. The van der Waals surface area contributed by atoms with Crippen LogP contribution in [0.25, 0.3) is 11.1 Å². The molecule has 0 bridgehead atoms. The van der Waals surface area contributed by atoms with Gasteiger partial charge in [0, 0.05) is 24.2 Å². The molecule has 10 heteroatoms. The zero-order chi connectivity index (χ0) is 24.6. The lowest BCUT2D eigenvalue weighted by atomic mass is 9.99. The molecule has 0 fully saturated rings. The second-order valence-electron chi connectivity index (χ2n) is 7.22. The highest BCUT2D eigenvalue weighted by Gasteiger charge is 2.38. The molecule has 0 aliphatic carbocycles. The number of aromatic nitrogens is 1. The third kappa shape index (κ3) is 5.10. The van der Waals surface area contributed by atoms with Gasteiger partial charge < -0.3 is 9.64 Å². The zero-order valence-corrected chi connectivity index (χ0v) is 17.7. The molecule has 1 aromatic heterocycles. The fraction of sp³-hybridized carbons (Fsp3) is 0.217. The number of rotatable bonds is 4. The van der Waals surface area contributed by atoms with Crippen LogP contribution in [0.1, 0.15) is 27.0 Å². The van der Waals surface area contributed by atoms with E-state index in [9.17, 15) is 31.1 Å². The maximum absolute atomic E-state index is 13.2. The summed E-state index contributed by atoms with van der Waals surface area (Å²) in [6.45, 7) is 1.82. The molecule has 174 valence electrons. The summed E-state index contributed by atoms with van der Waals surface area (Å²) >= 11 is 0. The fourth-order valence-electron chi connectivity index (χ4n) is 3.28. The molecule has 3 rings (SSSR count). The molecule has 2 aromatic carbocycles. The lowest BCUT2D eigenvalue weighted by Crippen LogP contribution is -2.28. The van der Waals surface area contributed by atoms with Crippen molar-refractivity contribution in [3.05, 3.63) is 77.0 Å². The summed E-state index contributed by atoms with van der Waals surface area (Å²) in [6, 6.07) is 9.45.